The summed E-state index contributed by atoms with van der Waals surface area (Å²) in [7, 11) is 0. The van der Waals surface area contributed by atoms with Gasteiger partial charge in [0.25, 0.3) is 0 Å². The Morgan fingerprint density at radius 3 is 2.43 bits per heavy atom. The number of carbonyl (C=O) groups excluding carboxylic acids is 1. The summed E-state index contributed by atoms with van der Waals surface area (Å²) in [5, 5.41) is 3.32. The van der Waals surface area contributed by atoms with Gasteiger partial charge in [0.15, 0.2) is 0 Å². The summed E-state index contributed by atoms with van der Waals surface area (Å²) < 4.78 is 37.2. The van der Waals surface area contributed by atoms with Gasteiger partial charge in [-0.1, -0.05) is 12.8 Å². The minimum atomic E-state index is -4.14. The molecule has 0 aromatic carbocycles. The van der Waals surface area contributed by atoms with Crippen LogP contribution in [-0.2, 0) is 4.79 Å². The molecule has 2 saturated heterocycles. The zero-order valence-electron chi connectivity index (χ0n) is 13.9. The van der Waals surface area contributed by atoms with Crippen LogP contribution in [0.15, 0.2) is 0 Å². The van der Waals surface area contributed by atoms with Crippen LogP contribution in [0.4, 0.5) is 13.2 Å². The van der Waals surface area contributed by atoms with E-state index in [1.54, 1.807) is 0 Å². The second kappa shape index (κ2) is 8.33. The Morgan fingerprint density at radius 1 is 1.17 bits per heavy atom. The number of hydrogen-bond acceptors (Lipinski definition) is 3. The Bertz CT molecular complexity index is 381. The van der Waals surface area contributed by atoms with E-state index in [-0.39, 0.29) is 18.0 Å². The van der Waals surface area contributed by atoms with Gasteiger partial charge in [-0.3, -0.25) is 9.69 Å². The number of carbonyl (C=O) groups is 1. The van der Waals surface area contributed by atoms with Crippen LogP contribution in [0.5, 0.6) is 0 Å². The molecule has 0 saturated carbocycles. The number of rotatable bonds is 5. The fourth-order valence-electron chi connectivity index (χ4n) is 3.54. The third-order valence-corrected chi connectivity index (χ3v) is 4.64. The smallest absolute Gasteiger partial charge is 0.343 e. The van der Waals surface area contributed by atoms with Crippen molar-refractivity contribution < 1.29 is 18.0 Å². The average molecular weight is 335 g/mol. The first kappa shape index (κ1) is 18.5. The lowest BCUT2D eigenvalue weighted by Crippen LogP contribution is -2.43. The average Bonchev–Trinajstić information content (AvgIpc) is 2.71. The standard InChI is InChI=1S/C16H28F3N3O/c1-13(10-15(23)22-7-4-2-3-5-8-22)20-14-6-9-21(11-14)12-16(17,18)19/h13-14,20H,2-12H2,1H3/t13-,14-/m1/s1. The highest BCUT2D eigenvalue weighted by Crippen LogP contribution is 2.20. The largest absolute Gasteiger partial charge is 0.401 e. The normalized spacial score (nSPS) is 25.4. The van der Waals surface area contributed by atoms with Gasteiger partial charge in [0.05, 0.1) is 6.54 Å². The lowest BCUT2D eigenvalue weighted by atomic mass is 10.1. The predicted molar refractivity (Wildman–Crippen MR) is 83.2 cm³/mol. The maximum Gasteiger partial charge on any atom is 0.401 e. The molecule has 1 amide bonds. The molecule has 0 bridgehead atoms. The third-order valence-electron chi connectivity index (χ3n) is 4.64. The van der Waals surface area contributed by atoms with E-state index in [2.05, 4.69) is 5.32 Å². The summed E-state index contributed by atoms with van der Waals surface area (Å²) in [4.78, 5) is 15.7. The quantitative estimate of drug-likeness (QED) is 0.838. The van der Waals surface area contributed by atoms with Crippen molar-refractivity contribution in [3.05, 3.63) is 0 Å². The van der Waals surface area contributed by atoms with Gasteiger partial charge < -0.3 is 10.2 Å². The van der Waals surface area contributed by atoms with Crippen molar-refractivity contribution in [1.29, 1.82) is 0 Å². The molecule has 2 fully saturated rings. The first-order chi connectivity index (χ1) is 10.8. The van der Waals surface area contributed by atoms with E-state index in [4.69, 9.17) is 0 Å². The van der Waals surface area contributed by atoms with Crippen molar-refractivity contribution >= 4 is 5.91 Å². The van der Waals surface area contributed by atoms with Crippen LogP contribution in [0.3, 0.4) is 0 Å². The molecule has 0 aliphatic carbocycles. The Labute approximate surface area is 136 Å². The molecule has 0 unspecified atom stereocenters. The Hall–Kier alpha value is -0.820. The van der Waals surface area contributed by atoms with E-state index in [9.17, 15) is 18.0 Å². The molecule has 2 heterocycles. The molecule has 0 aromatic heterocycles. The molecule has 2 atom stereocenters. The van der Waals surface area contributed by atoms with E-state index in [1.165, 1.54) is 17.7 Å². The highest BCUT2D eigenvalue weighted by molar-refractivity contribution is 5.76. The van der Waals surface area contributed by atoms with Crippen LogP contribution in [0, 0.1) is 0 Å². The van der Waals surface area contributed by atoms with Crippen LogP contribution >= 0.6 is 0 Å². The maximum absolute atomic E-state index is 12.4. The van der Waals surface area contributed by atoms with Gasteiger partial charge >= 0.3 is 6.18 Å². The number of likely N-dealkylation sites (tertiary alicyclic amines) is 2. The van der Waals surface area contributed by atoms with Crippen molar-refractivity contribution in [2.24, 2.45) is 0 Å². The molecular formula is C16H28F3N3O. The van der Waals surface area contributed by atoms with Crippen LogP contribution < -0.4 is 5.32 Å². The second-order valence-electron chi connectivity index (χ2n) is 6.90. The summed E-state index contributed by atoms with van der Waals surface area (Å²) >= 11 is 0. The van der Waals surface area contributed by atoms with Gasteiger partial charge in [0, 0.05) is 44.7 Å². The molecule has 0 spiro atoms. The van der Waals surface area contributed by atoms with Crippen LogP contribution in [0.25, 0.3) is 0 Å². The highest BCUT2D eigenvalue weighted by Gasteiger charge is 2.34. The Kier molecular flexibility index (Phi) is 6.71. The van der Waals surface area contributed by atoms with Gasteiger partial charge in [-0.05, 0) is 26.2 Å². The number of alkyl halides is 3. The number of nitrogens with one attached hydrogen (secondary N) is 1. The summed E-state index contributed by atoms with van der Waals surface area (Å²) in [6.07, 6.45) is 1.52. The monoisotopic (exact) mass is 335 g/mol. The first-order valence-corrected chi connectivity index (χ1v) is 8.66. The number of halogens is 3. The molecule has 134 valence electrons. The number of nitrogens with zero attached hydrogens (tertiary/aromatic N) is 2. The molecule has 0 radical (unpaired) electrons. The Balaban J connectivity index is 1.70. The highest BCUT2D eigenvalue weighted by atomic mass is 19.4. The molecule has 4 nitrogen and oxygen atoms in total. The van der Waals surface area contributed by atoms with Crippen LogP contribution in [0.2, 0.25) is 0 Å². The first-order valence-electron chi connectivity index (χ1n) is 8.66. The fourth-order valence-corrected chi connectivity index (χ4v) is 3.54. The predicted octanol–water partition coefficient (Wildman–Crippen LogP) is 2.39. The van der Waals surface area contributed by atoms with E-state index in [0.717, 1.165) is 25.9 Å². The Morgan fingerprint density at radius 2 is 1.83 bits per heavy atom. The molecule has 2 aliphatic heterocycles. The van der Waals surface area contributed by atoms with E-state index in [0.29, 0.717) is 25.9 Å². The van der Waals surface area contributed by atoms with Crippen molar-refractivity contribution in [1.82, 2.24) is 15.1 Å². The summed E-state index contributed by atoms with van der Waals surface area (Å²) in [6, 6.07) is 0.0471. The van der Waals surface area contributed by atoms with Gasteiger partial charge in [-0.15, -0.1) is 0 Å². The molecule has 23 heavy (non-hydrogen) atoms. The maximum atomic E-state index is 12.4. The van der Waals surface area contributed by atoms with Crippen molar-refractivity contribution in [2.45, 2.75) is 63.7 Å². The summed E-state index contributed by atoms with van der Waals surface area (Å²) in [5.74, 6) is 0.164. The fraction of sp³-hybridized carbons (Fsp3) is 0.938. The van der Waals surface area contributed by atoms with Crippen molar-refractivity contribution in [3.8, 4) is 0 Å². The minimum absolute atomic E-state index is 0.00147. The summed E-state index contributed by atoms with van der Waals surface area (Å²) in [6.45, 7) is 3.66. The van der Waals surface area contributed by atoms with E-state index >= 15 is 0 Å². The lowest BCUT2D eigenvalue weighted by molar-refractivity contribution is -0.143. The molecule has 2 rings (SSSR count). The summed E-state index contributed by atoms with van der Waals surface area (Å²) in [5.41, 5.74) is 0. The molecule has 0 aromatic rings. The topological polar surface area (TPSA) is 35.6 Å². The SMILES string of the molecule is C[C@H](CC(=O)N1CCCCCC1)N[C@@H]1CCN(CC(F)(F)F)C1. The van der Waals surface area contributed by atoms with Crippen LogP contribution in [0.1, 0.15) is 45.4 Å². The molecule has 1 N–H and O–H groups in total. The van der Waals surface area contributed by atoms with Crippen molar-refractivity contribution in [3.63, 3.8) is 0 Å². The zero-order valence-corrected chi connectivity index (χ0v) is 13.9. The molecule has 2 aliphatic rings. The third kappa shape index (κ3) is 6.67. The van der Waals surface area contributed by atoms with Crippen molar-refractivity contribution in [2.75, 3.05) is 32.7 Å². The molecular weight excluding hydrogens is 307 g/mol. The number of amides is 1. The second-order valence-corrected chi connectivity index (χ2v) is 6.90. The zero-order chi connectivity index (χ0) is 16.9. The minimum Gasteiger partial charge on any atom is -0.343 e. The van der Waals surface area contributed by atoms with Crippen LogP contribution in [-0.4, -0.2) is 66.7 Å². The molecule has 7 heteroatoms. The van der Waals surface area contributed by atoms with Gasteiger partial charge in [-0.2, -0.15) is 13.2 Å². The van der Waals surface area contributed by atoms with E-state index in [1.807, 2.05) is 11.8 Å². The lowest BCUT2D eigenvalue weighted by Gasteiger charge is -2.25. The van der Waals surface area contributed by atoms with Gasteiger partial charge in [-0.25, -0.2) is 0 Å². The van der Waals surface area contributed by atoms with Gasteiger partial charge in [0.2, 0.25) is 5.91 Å². The number of hydrogen-bond donors (Lipinski definition) is 1. The van der Waals surface area contributed by atoms with Gasteiger partial charge in [0.1, 0.15) is 0 Å². The van der Waals surface area contributed by atoms with E-state index < -0.39 is 12.7 Å².